The Hall–Kier alpha value is -2.56. The Morgan fingerprint density at radius 3 is 2.27 bits per heavy atom. The molecule has 2 aromatic carbocycles. The summed E-state index contributed by atoms with van der Waals surface area (Å²) >= 11 is 0. The Morgan fingerprint density at radius 2 is 1.64 bits per heavy atom. The van der Waals surface area contributed by atoms with Crippen LogP contribution in [-0.2, 0) is 12.8 Å². The zero-order chi connectivity index (χ0) is 16.1. The Kier molecular flexibility index (Phi) is 4.99. The minimum Gasteiger partial charge on any atom is -0.504 e. The summed E-state index contributed by atoms with van der Waals surface area (Å²) in [7, 11) is 4.47. The van der Waals surface area contributed by atoms with E-state index < -0.39 is 0 Å². The van der Waals surface area contributed by atoms with E-state index in [1.807, 2.05) is 24.3 Å². The van der Waals surface area contributed by atoms with Crippen molar-refractivity contribution in [1.29, 1.82) is 0 Å². The van der Waals surface area contributed by atoms with Crippen molar-refractivity contribution in [2.45, 2.75) is 12.8 Å². The molecule has 0 spiro atoms. The van der Waals surface area contributed by atoms with Crippen LogP contribution in [0.1, 0.15) is 11.1 Å². The van der Waals surface area contributed by atoms with Gasteiger partial charge in [0, 0.05) is 5.56 Å². The highest BCUT2D eigenvalue weighted by atomic mass is 16.5. The zero-order valence-corrected chi connectivity index (χ0v) is 12.9. The number of methoxy groups -OCH3 is 3. The fraction of sp³-hybridized carbons (Fsp3) is 0.294. The molecule has 0 amide bonds. The van der Waals surface area contributed by atoms with E-state index in [0.29, 0.717) is 18.4 Å². The molecule has 0 atom stereocenters. The zero-order valence-electron chi connectivity index (χ0n) is 12.9. The van der Waals surface area contributed by atoms with Gasteiger partial charge in [0.2, 0.25) is 11.5 Å². The van der Waals surface area contributed by atoms with E-state index in [1.165, 1.54) is 14.2 Å². The third kappa shape index (κ3) is 3.19. The molecule has 0 saturated carbocycles. The van der Waals surface area contributed by atoms with Gasteiger partial charge in [-0.2, -0.15) is 0 Å². The highest BCUT2D eigenvalue weighted by Gasteiger charge is 2.18. The van der Waals surface area contributed by atoms with Gasteiger partial charge in [-0.3, -0.25) is 0 Å². The highest BCUT2D eigenvalue weighted by molar-refractivity contribution is 5.61. The molecule has 0 saturated heterocycles. The van der Waals surface area contributed by atoms with Crippen LogP contribution in [0.25, 0.3) is 0 Å². The summed E-state index contributed by atoms with van der Waals surface area (Å²) in [5, 5.41) is 20.1. The van der Waals surface area contributed by atoms with Crippen molar-refractivity contribution in [3.63, 3.8) is 0 Å². The molecule has 5 heteroatoms. The number of rotatable bonds is 6. The fourth-order valence-corrected chi connectivity index (χ4v) is 2.31. The van der Waals surface area contributed by atoms with E-state index in [4.69, 9.17) is 14.2 Å². The molecule has 118 valence electrons. The first kappa shape index (κ1) is 15.8. The van der Waals surface area contributed by atoms with Crippen LogP contribution in [0.15, 0.2) is 30.3 Å². The van der Waals surface area contributed by atoms with E-state index in [-0.39, 0.29) is 23.0 Å². The van der Waals surface area contributed by atoms with Crippen molar-refractivity contribution < 1.29 is 24.4 Å². The molecule has 0 radical (unpaired) electrons. The van der Waals surface area contributed by atoms with E-state index in [2.05, 4.69) is 0 Å². The lowest BCUT2D eigenvalue weighted by Gasteiger charge is -2.14. The number of hydrogen-bond acceptors (Lipinski definition) is 5. The number of aromatic hydroxyl groups is 2. The second-order valence-electron chi connectivity index (χ2n) is 4.82. The van der Waals surface area contributed by atoms with Crippen LogP contribution < -0.4 is 14.2 Å². The summed E-state index contributed by atoms with van der Waals surface area (Å²) < 4.78 is 15.4. The largest absolute Gasteiger partial charge is 0.504 e. The topological polar surface area (TPSA) is 68.2 Å². The van der Waals surface area contributed by atoms with Crippen molar-refractivity contribution in [2.75, 3.05) is 21.3 Å². The number of benzene rings is 2. The SMILES string of the molecule is COc1cccc(CCc2cc(OC)c(O)c(OC)c2O)c1. The smallest absolute Gasteiger partial charge is 0.207 e. The third-order valence-corrected chi connectivity index (χ3v) is 3.51. The van der Waals surface area contributed by atoms with Gasteiger partial charge in [0.15, 0.2) is 11.5 Å². The van der Waals surface area contributed by atoms with Gasteiger partial charge in [0.05, 0.1) is 21.3 Å². The molecule has 2 N–H and O–H groups in total. The number of ether oxygens (including phenoxy) is 3. The normalized spacial score (nSPS) is 10.3. The number of phenols is 2. The van der Waals surface area contributed by atoms with E-state index in [1.54, 1.807) is 13.2 Å². The lowest BCUT2D eigenvalue weighted by atomic mass is 10.0. The number of aryl methyl sites for hydroxylation is 2. The molecule has 0 aliphatic rings. The van der Waals surface area contributed by atoms with Gasteiger partial charge in [-0.1, -0.05) is 12.1 Å². The molecule has 5 nitrogen and oxygen atoms in total. The van der Waals surface area contributed by atoms with Crippen LogP contribution in [0, 0.1) is 0 Å². The summed E-state index contributed by atoms with van der Waals surface area (Å²) in [5.41, 5.74) is 1.74. The molecule has 0 fully saturated rings. The molecule has 2 rings (SSSR count). The summed E-state index contributed by atoms with van der Waals surface area (Å²) in [5.74, 6) is 0.828. The van der Waals surface area contributed by atoms with Gasteiger partial charge in [0.25, 0.3) is 0 Å². The van der Waals surface area contributed by atoms with Gasteiger partial charge in [-0.25, -0.2) is 0 Å². The van der Waals surface area contributed by atoms with Crippen LogP contribution >= 0.6 is 0 Å². The first-order chi connectivity index (χ1) is 10.6. The average Bonchev–Trinajstić information content (AvgIpc) is 2.55. The first-order valence-corrected chi connectivity index (χ1v) is 6.89. The summed E-state index contributed by atoms with van der Waals surface area (Å²) in [6.45, 7) is 0. The van der Waals surface area contributed by atoms with E-state index >= 15 is 0 Å². The second kappa shape index (κ2) is 6.93. The molecule has 0 heterocycles. The van der Waals surface area contributed by atoms with E-state index in [9.17, 15) is 10.2 Å². The van der Waals surface area contributed by atoms with E-state index in [0.717, 1.165) is 11.3 Å². The van der Waals surface area contributed by atoms with Crippen molar-refractivity contribution in [3.8, 4) is 28.7 Å². The van der Waals surface area contributed by atoms with Crippen molar-refractivity contribution in [3.05, 3.63) is 41.5 Å². The quantitative estimate of drug-likeness (QED) is 0.859. The second-order valence-corrected chi connectivity index (χ2v) is 4.82. The van der Waals surface area contributed by atoms with Crippen LogP contribution in [0.2, 0.25) is 0 Å². The lowest BCUT2D eigenvalue weighted by Crippen LogP contribution is -1.97. The van der Waals surface area contributed by atoms with Gasteiger partial charge < -0.3 is 24.4 Å². The van der Waals surface area contributed by atoms with Crippen LogP contribution in [0.3, 0.4) is 0 Å². The lowest BCUT2D eigenvalue weighted by molar-refractivity contribution is 0.320. The van der Waals surface area contributed by atoms with Crippen molar-refractivity contribution in [1.82, 2.24) is 0 Å². The van der Waals surface area contributed by atoms with Gasteiger partial charge in [-0.15, -0.1) is 0 Å². The molecule has 0 aliphatic heterocycles. The molecule has 0 aliphatic carbocycles. The third-order valence-electron chi connectivity index (χ3n) is 3.51. The summed E-state index contributed by atoms with van der Waals surface area (Å²) in [4.78, 5) is 0. The Balaban J connectivity index is 2.25. The fourth-order valence-electron chi connectivity index (χ4n) is 2.31. The number of hydrogen-bond donors (Lipinski definition) is 2. The highest BCUT2D eigenvalue weighted by Crippen LogP contribution is 2.45. The van der Waals surface area contributed by atoms with Gasteiger partial charge in [-0.05, 0) is 36.6 Å². The Labute approximate surface area is 129 Å². The minimum absolute atomic E-state index is 0.0278. The molecule has 0 bridgehead atoms. The van der Waals surface area contributed by atoms with Crippen LogP contribution in [-0.4, -0.2) is 31.5 Å². The van der Waals surface area contributed by atoms with Crippen LogP contribution in [0.5, 0.6) is 28.7 Å². The Morgan fingerprint density at radius 1 is 0.864 bits per heavy atom. The summed E-state index contributed by atoms with van der Waals surface area (Å²) in [6, 6.07) is 9.37. The van der Waals surface area contributed by atoms with Gasteiger partial charge >= 0.3 is 0 Å². The Bertz CT molecular complexity index is 652. The van der Waals surface area contributed by atoms with Crippen molar-refractivity contribution >= 4 is 0 Å². The minimum atomic E-state index is -0.201. The van der Waals surface area contributed by atoms with Crippen LogP contribution in [0.4, 0.5) is 0 Å². The molecule has 2 aromatic rings. The molecular weight excluding hydrogens is 284 g/mol. The maximum atomic E-state index is 10.2. The monoisotopic (exact) mass is 304 g/mol. The van der Waals surface area contributed by atoms with Gasteiger partial charge in [0.1, 0.15) is 5.75 Å². The summed E-state index contributed by atoms with van der Waals surface area (Å²) in [6.07, 6.45) is 1.29. The predicted molar refractivity (Wildman–Crippen MR) is 83.3 cm³/mol. The standard InChI is InChI=1S/C17H20O5/c1-20-13-6-4-5-11(9-13)7-8-12-10-14(21-2)16(19)17(22-3)15(12)18/h4-6,9-10,18-19H,7-8H2,1-3H3. The predicted octanol–water partition coefficient (Wildman–Crippen LogP) is 2.91. The first-order valence-electron chi connectivity index (χ1n) is 6.89. The average molecular weight is 304 g/mol. The maximum absolute atomic E-state index is 10.2. The number of phenolic OH excluding ortho intramolecular Hbond substituents is 2. The maximum Gasteiger partial charge on any atom is 0.207 e. The molecule has 0 unspecified atom stereocenters. The molecular formula is C17H20O5. The molecule has 22 heavy (non-hydrogen) atoms. The van der Waals surface area contributed by atoms with Crippen molar-refractivity contribution in [2.24, 2.45) is 0 Å². The molecule has 0 aromatic heterocycles.